The van der Waals surface area contributed by atoms with Gasteiger partial charge in [0.25, 0.3) is 0 Å². The van der Waals surface area contributed by atoms with E-state index in [1.165, 1.54) is 18.3 Å². The standard InChI is InChI=1S/C13H20N4O3S/c1-2-6-14-12-9-10(5-8-15-12)21(19,20)17-11-4-3-7-16-13(11)18/h5,8-9,11,17H,2-4,6-7H2,1H3,(H,14,15)(H,16,18). The van der Waals surface area contributed by atoms with E-state index in [0.29, 0.717) is 18.8 Å². The zero-order valence-electron chi connectivity index (χ0n) is 11.9. The van der Waals surface area contributed by atoms with Crippen molar-refractivity contribution in [2.24, 2.45) is 0 Å². The van der Waals surface area contributed by atoms with Gasteiger partial charge in [-0.25, -0.2) is 13.4 Å². The molecule has 1 aliphatic rings. The molecular weight excluding hydrogens is 292 g/mol. The molecule has 7 nitrogen and oxygen atoms in total. The van der Waals surface area contributed by atoms with Crippen LogP contribution in [0.15, 0.2) is 23.2 Å². The third-order valence-electron chi connectivity index (χ3n) is 3.18. The highest BCUT2D eigenvalue weighted by Gasteiger charge is 2.27. The Kier molecular flexibility index (Phi) is 5.13. The lowest BCUT2D eigenvalue weighted by molar-refractivity contribution is -0.124. The molecule has 0 bridgehead atoms. The number of amides is 1. The molecule has 1 aromatic rings. The van der Waals surface area contributed by atoms with Crippen molar-refractivity contribution in [2.45, 2.75) is 37.1 Å². The van der Waals surface area contributed by atoms with Gasteiger partial charge in [-0.15, -0.1) is 0 Å². The van der Waals surface area contributed by atoms with Crippen LogP contribution < -0.4 is 15.4 Å². The fourth-order valence-electron chi connectivity index (χ4n) is 2.07. The van der Waals surface area contributed by atoms with Gasteiger partial charge in [-0.3, -0.25) is 4.79 Å². The maximum absolute atomic E-state index is 12.3. The number of sulfonamides is 1. The number of rotatable bonds is 6. The molecule has 116 valence electrons. The Morgan fingerprint density at radius 1 is 1.48 bits per heavy atom. The van der Waals surface area contributed by atoms with Gasteiger partial charge in [0.2, 0.25) is 15.9 Å². The molecule has 0 aliphatic carbocycles. The Morgan fingerprint density at radius 2 is 2.29 bits per heavy atom. The molecule has 21 heavy (non-hydrogen) atoms. The molecule has 1 amide bonds. The first-order valence-corrected chi connectivity index (χ1v) is 8.51. The first-order valence-electron chi connectivity index (χ1n) is 7.03. The number of carbonyl (C=O) groups is 1. The van der Waals surface area contributed by atoms with Crippen molar-refractivity contribution in [2.75, 3.05) is 18.4 Å². The maximum Gasteiger partial charge on any atom is 0.241 e. The number of hydrogen-bond donors (Lipinski definition) is 3. The number of carbonyl (C=O) groups excluding carboxylic acids is 1. The van der Waals surface area contributed by atoms with Crippen LogP contribution in [0.3, 0.4) is 0 Å². The van der Waals surface area contributed by atoms with Crippen molar-refractivity contribution in [1.82, 2.24) is 15.0 Å². The predicted octanol–water partition coefficient (Wildman–Crippen LogP) is 0.460. The van der Waals surface area contributed by atoms with Gasteiger partial charge in [0.1, 0.15) is 11.9 Å². The molecule has 0 radical (unpaired) electrons. The Balaban J connectivity index is 2.13. The van der Waals surface area contributed by atoms with Crippen LogP contribution in [-0.2, 0) is 14.8 Å². The van der Waals surface area contributed by atoms with E-state index in [-0.39, 0.29) is 10.8 Å². The Morgan fingerprint density at radius 3 is 3.00 bits per heavy atom. The summed E-state index contributed by atoms with van der Waals surface area (Å²) in [5.74, 6) is 0.232. The SMILES string of the molecule is CCCNc1cc(S(=O)(=O)NC2CCCNC2=O)ccn1. The molecular formula is C13H20N4O3S. The van der Waals surface area contributed by atoms with Crippen molar-refractivity contribution in [3.8, 4) is 0 Å². The molecule has 1 atom stereocenters. The van der Waals surface area contributed by atoms with E-state index in [0.717, 1.165) is 19.4 Å². The largest absolute Gasteiger partial charge is 0.370 e. The Labute approximate surface area is 124 Å². The maximum atomic E-state index is 12.3. The minimum Gasteiger partial charge on any atom is -0.370 e. The van der Waals surface area contributed by atoms with Gasteiger partial charge in [-0.05, 0) is 25.3 Å². The molecule has 1 unspecified atom stereocenters. The molecule has 1 fully saturated rings. The number of hydrogen-bond acceptors (Lipinski definition) is 5. The number of nitrogens with zero attached hydrogens (tertiary/aromatic N) is 1. The van der Waals surface area contributed by atoms with Crippen LogP contribution in [0.2, 0.25) is 0 Å². The second kappa shape index (κ2) is 6.86. The highest BCUT2D eigenvalue weighted by molar-refractivity contribution is 7.89. The summed E-state index contributed by atoms with van der Waals surface area (Å²) in [6.45, 7) is 3.32. The fourth-order valence-corrected chi connectivity index (χ4v) is 3.31. The van der Waals surface area contributed by atoms with E-state index >= 15 is 0 Å². The Hall–Kier alpha value is -1.67. The highest BCUT2D eigenvalue weighted by atomic mass is 32.2. The number of piperidine rings is 1. The van der Waals surface area contributed by atoms with Crippen molar-refractivity contribution in [1.29, 1.82) is 0 Å². The van der Waals surface area contributed by atoms with Crippen LogP contribution >= 0.6 is 0 Å². The molecule has 1 saturated heterocycles. The monoisotopic (exact) mass is 312 g/mol. The van der Waals surface area contributed by atoms with Gasteiger partial charge in [-0.2, -0.15) is 4.72 Å². The molecule has 1 aromatic heterocycles. The quantitative estimate of drug-likeness (QED) is 0.708. The zero-order chi connectivity index (χ0) is 15.3. The summed E-state index contributed by atoms with van der Waals surface area (Å²) in [6.07, 6.45) is 3.63. The average molecular weight is 312 g/mol. The summed E-state index contributed by atoms with van der Waals surface area (Å²) in [6, 6.07) is 2.18. The molecule has 2 rings (SSSR count). The fraction of sp³-hybridized carbons (Fsp3) is 0.538. The average Bonchev–Trinajstić information content (AvgIpc) is 2.48. The lowest BCUT2D eigenvalue weighted by Crippen LogP contribution is -2.50. The molecule has 2 heterocycles. The van der Waals surface area contributed by atoms with Gasteiger partial charge >= 0.3 is 0 Å². The first-order chi connectivity index (χ1) is 10.0. The topological polar surface area (TPSA) is 100 Å². The molecule has 1 aliphatic heterocycles. The van der Waals surface area contributed by atoms with Crippen LogP contribution in [-0.4, -0.2) is 38.4 Å². The molecule has 0 aromatic carbocycles. The van der Waals surface area contributed by atoms with Crippen molar-refractivity contribution < 1.29 is 13.2 Å². The minimum atomic E-state index is -3.73. The molecule has 8 heteroatoms. The number of anilines is 1. The van der Waals surface area contributed by atoms with Gasteiger partial charge in [0, 0.05) is 25.4 Å². The lowest BCUT2D eigenvalue weighted by atomic mass is 10.1. The van der Waals surface area contributed by atoms with Crippen molar-refractivity contribution >= 4 is 21.7 Å². The molecule has 0 saturated carbocycles. The van der Waals surface area contributed by atoms with Gasteiger partial charge in [-0.1, -0.05) is 6.92 Å². The van der Waals surface area contributed by atoms with Gasteiger partial charge in [0.05, 0.1) is 4.90 Å². The van der Waals surface area contributed by atoms with Crippen LogP contribution in [0, 0.1) is 0 Å². The third kappa shape index (κ3) is 4.15. The first kappa shape index (κ1) is 15.7. The normalized spacial score (nSPS) is 19.1. The molecule has 0 spiro atoms. The summed E-state index contributed by atoms with van der Waals surface area (Å²) in [5, 5.41) is 5.69. The smallest absolute Gasteiger partial charge is 0.241 e. The van der Waals surface area contributed by atoms with Crippen molar-refractivity contribution in [3.63, 3.8) is 0 Å². The van der Waals surface area contributed by atoms with E-state index in [4.69, 9.17) is 0 Å². The highest BCUT2D eigenvalue weighted by Crippen LogP contribution is 2.15. The minimum absolute atomic E-state index is 0.106. The summed E-state index contributed by atoms with van der Waals surface area (Å²) in [5.41, 5.74) is 0. The molecule has 3 N–H and O–H groups in total. The van der Waals surface area contributed by atoms with Gasteiger partial charge in [0.15, 0.2) is 0 Å². The predicted molar refractivity (Wildman–Crippen MR) is 79.4 cm³/mol. The van der Waals surface area contributed by atoms with E-state index in [2.05, 4.69) is 20.3 Å². The van der Waals surface area contributed by atoms with E-state index in [9.17, 15) is 13.2 Å². The summed E-state index contributed by atoms with van der Waals surface area (Å²) in [7, 11) is -3.73. The number of pyridine rings is 1. The number of aromatic nitrogens is 1. The van der Waals surface area contributed by atoms with E-state index in [1.807, 2.05) is 6.92 Å². The third-order valence-corrected chi connectivity index (χ3v) is 4.65. The van der Waals surface area contributed by atoms with Crippen LogP contribution in [0.4, 0.5) is 5.82 Å². The zero-order valence-corrected chi connectivity index (χ0v) is 12.7. The van der Waals surface area contributed by atoms with Crippen molar-refractivity contribution in [3.05, 3.63) is 18.3 Å². The summed E-state index contributed by atoms with van der Waals surface area (Å²) >= 11 is 0. The van der Waals surface area contributed by atoms with E-state index in [1.54, 1.807) is 0 Å². The van der Waals surface area contributed by atoms with Crippen LogP contribution in [0.25, 0.3) is 0 Å². The summed E-state index contributed by atoms with van der Waals surface area (Å²) < 4.78 is 27.1. The van der Waals surface area contributed by atoms with Gasteiger partial charge < -0.3 is 10.6 Å². The summed E-state index contributed by atoms with van der Waals surface area (Å²) in [4.78, 5) is 15.8. The lowest BCUT2D eigenvalue weighted by Gasteiger charge is -2.22. The number of nitrogens with one attached hydrogen (secondary N) is 3. The second-order valence-electron chi connectivity index (χ2n) is 4.91. The van der Waals surface area contributed by atoms with Crippen LogP contribution in [0.5, 0.6) is 0 Å². The van der Waals surface area contributed by atoms with E-state index < -0.39 is 16.1 Å². The second-order valence-corrected chi connectivity index (χ2v) is 6.62. The Bertz CT molecular complexity index is 603. The van der Waals surface area contributed by atoms with Crippen LogP contribution in [0.1, 0.15) is 26.2 Å².